The van der Waals surface area contributed by atoms with Crippen LogP contribution in [0.2, 0.25) is 5.02 Å². The zero-order valence-corrected chi connectivity index (χ0v) is 16.4. The quantitative estimate of drug-likeness (QED) is 0.685. The smallest absolute Gasteiger partial charge is 0.239 e. The van der Waals surface area contributed by atoms with Gasteiger partial charge in [0.25, 0.3) is 0 Å². The molecular weight excluding hydrogens is 384 g/mol. The average Bonchev–Trinajstić information content (AvgIpc) is 3.36. The number of anilines is 1. The molecule has 3 atom stereocenters. The molecule has 0 spiro atoms. The van der Waals surface area contributed by atoms with Gasteiger partial charge in [-0.15, -0.1) is 11.3 Å². The summed E-state index contributed by atoms with van der Waals surface area (Å²) in [6.45, 7) is 2.61. The van der Waals surface area contributed by atoms with E-state index in [2.05, 4.69) is 35.2 Å². The second kappa shape index (κ2) is 7.59. The van der Waals surface area contributed by atoms with Crippen molar-refractivity contribution in [3.05, 3.63) is 51.2 Å². The van der Waals surface area contributed by atoms with E-state index in [0.29, 0.717) is 18.0 Å². The predicted octanol–water partition coefficient (Wildman–Crippen LogP) is 2.74. The minimum Gasteiger partial charge on any atom is -0.339 e. The maximum atomic E-state index is 12.7. The van der Waals surface area contributed by atoms with Gasteiger partial charge in [0.15, 0.2) is 0 Å². The van der Waals surface area contributed by atoms with E-state index in [1.807, 2.05) is 0 Å². The molecule has 3 N–H and O–H groups in total. The molecule has 0 radical (unpaired) electrons. The fourth-order valence-electron chi connectivity index (χ4n) is 3.55. The van der Waals surface area contributed by atoms with Crippen LogP contribution in [0, 0.1) is 12.8 Å². The maximum Gasteiger partial charge on any atom is 0.239 e. The van der Waals surface area contributed by atoms with E-state index >= 15 is 0 Å². The van der Waals surface area contributed by atoms with E-state index in [4.69, 9.17) is 11.6 Å². The van der Waals surface area contributed by atoms with Crippen LogP contribution in [0.25, 0.3) is 0 Å². The molecule has 3 unspecified atom stereocenters. The summed E-state index contributed by atoms with van der Waals surface area (Å²) in [7, 11) is 0. The SMILES string of the molecule is Cc1ccc(C2CC(NC(=O)C3CCN(c4ccc(Cl)cc4)C3=O)NN2)s1. The Kier molecular flexibility index (Phi) is 5.19. The molecule has 4 rings (SSSR count). The Morgan fingerprint density at radius 3 is 2.70 bits per heavy atom. The van der Waals surface area contributed by atoms with Gasteiger partial charge in [-0.05, 0) is 49.7 Å². The van der Waals surface area contributed by atoms with Crippen LogP contribution in [-0.2, 0) is 9.59 Å². The number of amides is 2. The van der Waals surface area contributed by atoms with Crippen LogP contribution in [0.5, 0.6) is 0 Å². The van der Waals surface area contributed by atoms with Gasteiger partial charge in [-0.3, -0.25) is 9.59 Å². The van der Waals surface area contributed by atoms with Crippen molar-refractivity contribution in [1.29, 1.82) is 0 Å². The Balaban J connectivity index is 1.35. The highest BCUT2D eigenvalue weighted by Crippen LogP contribution is 2.29. The summed E-state index contributed by atoms with van der Waals surface area (Å²) in [5, 5.41) is 3.58. The predicted molar refractivity (Wildman–Crippen MR) is 107 cm³/mol. The van der Waals surface area contributed by atoms with E-state index in [0.717, 1.165) is 12.1 Å². The van der Waals surface area contributed by atoms with Crippen molar-refractivity contribution in [3.8, 4) is 0 Å². The number of rotatable bonds is 4. The largest absolute Gasteiger partial charge is 0.339 e. The summed E-state index contributed by atoms with van der Waals surface area (Å²) in [6, 6.07) is 11.5. The first kappa shape index (κ1) is 18.4. The third-order valence-electron chi connectivity index (χ3n) is 4.98. The molecule has 0 saturated carbocycles. The van der Waals surface area contributed by atoms with E-state index in [-0.39, 0.29) is 24.0 Å². The standard InChI is InChI=1S/C19H21ClN4O2S/c1-11-2-7-16(27-11)15-10-17(23-22-15)21-18(25)14-8-9-24(19(14)26)13-5-3-12(20)4-6-13/h2-7,14-15,17,22-23H,8-10H2,1H3,(H,21,25). The lowest BCUT2D eigenvalue weighted by molar-refractivity contribution is -0.132. The number of carbonyl (C=O) groups excluding carboxylic acids is 2. The van der Waals surface area contributed by atoms with Gasteiger partial charge in [-0.1, -0.05) is 11.6 Å². The van der Waals surface area contributed by atoms with Crippen molar-refractivity contribution in [1.82, 2.24) is 16.2 Å². The zero-order chi connectivity index (χ0) is 19.0. The van der Waals surface area contributed by atoms with Gasteiger partial charge >= 0.3 is 0 Å². The minimum absolute atomic E-state index is 0.161. The lowest BCUT2D eigenvalue weighted by Crippen LogP contribution is -2.47. The summed E-state index contributed by atoms with van der Waals surface area (Å²) in [4.78, 5) is 29.5. The maximum absolute atomic E-state index is 12.7. The van der Waals surface area contributed by atoms with Crippen LogP contribution < -0.4 is 21.1 Å². The van der Waals surface area contributed by atoms with Crippen molar-refractivity contribution in [2.75, 3.05) is 11.4 Å². The van der Waals surface area contributed by atoms with Crippen LogP contribution >= 0.6 is 22.9 Å². The summed E-state index contributed by atoms with van der Waals surface area (Å²) >= 11 is 7.65. The number of aryl methyl sites for hydroxylation is 1. The highest BCUT2D eigenvalue weighted by molar-refractivity contribution is 7.12. The Labute approximate surface area is 166 Å². The molecule has 0 bridgehead atoms. The fourth-order valence-corrected chi connectivity index (χ4v) is 4.62. The van der Waals surface area contributed by atoms with Crippen molar-refractivity contribution < 1.29 is 9.59 Å². The number of thiophene rings is 1. The van der Waals surface area contributed by atoms with Crippen molar-refractivity contribution in [3.63, 3.8) is 0 Å². The third kappa shape index (κ3) is 3.87. The van der Waals surface area contributed by atoms with Crippen molar-refractivity contribution >= 4 is 40.4 Å². The van der Waals surface area contributed by atoms with E-state index in [1.54, 1.807) is 40.5 Å². The Hall–Kier alpha value is -1.93. The van der Waals surface area contributed by atoms with Crippen molar-refractivity contribution in [2.45, 2.75) is 32.0 Å². The van der Waals surface area contributed by atoms with E-state index in [9.17, 15) is 9.59 Å². The van der Waals surface area contributed by atoms with Gasteiger partial charge in [0.1, 0.15) is 5.92 Å². The van der Waals surface area contributed by atoms with Gasteiger partial charge in [0, 0.05) is 33.4 Å². The lowest BCUT2D eigenvalue weighted by atomic mass is 10.1. The molecule has 2 fully saturated rings. The van der Waals surface area contributed by atoms with Gasteiger partial charge in [-0.2, -0.15) is 0 Å². The van der Waals surface area contributed by atoms with Gasteiger partial charge in [-0.25, -0.2) is 10.9 Å². The van der Waals surface area contributed by atoms with Gasteiger partial charge in [0.2, 0.25) is 11.8 Å². The normalized spacial score (nSPS) is 25.2. The molecule has 1 aromatic carbocycles. The average molecular weight is 405 g/mol. The summed E-state index contributed by atoms with van der Waals surface area (Å²) in [5.74, 6) is -1.03. The summed E-state index contributed by atoms with van der Waals surface area (Å²) in [5.41, 5.74) is 7.11. The summed E-state index contributed by atoms with van der Waals surface area (Å²) < 4.78 is 0. The molecule has 6 nitrogen and oxygen atoms in total. The zero-order valence-electron chi connectivity index (χ0n) is 14.9. The molecule has 27 heavy (non-hydrogen) atoms. The van der Waals surface area contributed by atoms with Crippen molar-refractivity contribution in [2.24, 2.45) is 5.92 Å². The number of nitrogens with one attached hydrogen (secondary N) is 3. The highest BCUT2D eigenvalue weighted by atomic mass is 35.5. The van der Waals surface area contributed by atoms with Crippen LogP contribution in [0.4, 0.5) is 5.69 Å². The molecule has 2 saturated heterocycles. The number of nitrogens with zero attached hydrogens (tertiary/aromatic N) is 1. The lowest BCUT2D eigenvalue weighted by Gasteiger charge is -2.18. The molecule has 2 aliphatic heterocycles. The number of hydrazine groups is 1. The first-order chi connectivity index (χ1) is 13.0. The first-order valence-corrected chi connectivity index (χ1v) is 10.2. The van der Waals surface area contributed by atoms with Crippen LogP contribution in [0.1, 0.15) is 28.6 Å². The highest BCUT2D eigenvalue weighted by Gasteiger charge is 2.39. The minimum atomic E-state index is -0.648. The number of hydrogen-bond donors (Lipinski definition) is 3. The second-order valence-electron chi connectivity index (χ2n) is 6.89. The molecule has 3 heterocycles. The molecule has 142 valence electrons. The van der Waals surface area contributed by atoms with Crippen LogP contribution in [0.15, 0.2) is 36.4 Å². The first-order valence-electron chi connectivity index (χ1n) is 8.96. The van der Waals surface area contributed by atoms with Gasteiger partial charge < -0.3 is 10.2 Å². The molecular formula is C19H21ClN4O2S. The molecule has 2 amide bonds. The molecule has 1 aromatic heterocycles. The molecule has 8 heteroatoms. The molecule has 0 aliphatic carbocycles. The Morgan fingerprint density at radius 1 is 1.22 bits per heavy atom. The van der Waals surface area contributed by atoms with Gasteiger partial charge in [0.05, 0.1) is 12.2 Å². The molecule has 2 aromatic rings. The Morgan fingerprint density at radius 2 is 2.00 bits per heavy atom. The number of carbonyl (C=O) groups is 2. The fraction of sp³-hybridized carbons (Fsp3) is 0.368. The van der Waals surface area contributed by atoms with E-state index in [1.165, 1.54) is 9.75 Å². The monoisotopic (exact) mass is 404 g/mol. The second-order valence-corrected chi connectivity index (χ2v) is 8.65. The number of hydrogen-bond acceptors (Lipinski definition) is 5. The van der Waals surface area contributed by atoms with E-state index < -0.39 is 5.92 Å². The van der Waals surface area contributed by atoms with Crippen LogP contribution in [-0.4, -0.2) is 24.5 Å². The topological polar surface area (TPSA) is 73.5 Å². The number of halogens is 1. The third-order valence-corrected chi connectivity index (χ3v) is 6.35. The van der Waals surface area contributed by atoms with Crippen LogP contribution in [0.3, 0.4) is 0 Å². The Bertz CT molecular complexity index is 854. The molecule has 2 aliphatic rings. The number of benzene rings is 1. The summed E-state index contributed by atoms with van der Waals surface area (Å²) in [6.07, 6.45) is 1.07.